The van der Waals surface area contributed by atoms with E-state index in [0.717, 1.165) is 47.1 Å². The van der Waals surface area contributed by atoms with Gasteiger partial charge in [0.1, 0.15) is 5.65 Å². The summed E-state index contributed by atoms with van der Waals surface area (Å²) in [5.41, 5.74) is 4.26. The fourth-order valence-corrected chi connectivity index (χ4v) is 4.80. The molecule has 0 radical (unpaired) electrons. The third-order valence-electron chi connectivity index (χ3n) is 6.33. The summed E-state index contributed by atoms with van der Waals surface area (Å²) in [6, 6.07) is 6.46. The standard InChI is InChI=1S/C23H24N8/c1-2-4-16(3-1)31-20-14-25-12-9-17(20)18-13-26-23(28-22(18)31)27-21-6-5-19(29-30-21)15-7-10-24-11-8-15/h5-7,9,12-14,16,24H,1-4,8,10-11H2,(H,26,27,28,30). The van der Waals surface area contributed by atoms with E-state index >= 15 is 0 Å². The maximum atomic E-state index is 4.89. The molecule has 1 fully saturated rings. The third-order valence-corrected chi connectivity index (χ3v) is 6.33. The first-order chi connectivity index (χ1) is 15.4. The first-order valence-electron chi connectivity index (χ1n) is 11.0. The summed E-state index contributed by atoms with van der Waals surface area (Å²) in [7, 11) is 0. The third kappa shape index (κ3) is 3.33. The van der Waals surface area contributed by atoms with Crippen molar-refractivity contribution in [1.29, 1.82) is 0 Å². The van der Waals surface area contributed by atoms with Crippen LogP contribution in [0.15, 0.2) is 42.9 Å². The molecule has 0 spiro atoms. The fourth-order valence-electron chi connectivity index (χ4n) is 4.80. The summed E-state index contributed by atoms with van der Waals surface area (Å²) in [6.45, 7) is 1.86. The van der Waals surface area contributed by atoms with Gasteiger partial charge in [-0.25, -0.2) is 4.98 Å². The number of hydrogen-bond donors (Lipinski definition) is 2. The molecule has 0 amide bonds. The molecule has 0 atom stereocenters. The van der Waals surface area contributed by atoms with Crippen LogP contribution in [0.1, 0.15) is 43.8 Å². The van der Waals surface area contributed by atoms with Crippen LogP contribution >= 0.6 is 0 Å². The number of nitrogens with zero attached hydrogens (tertiary/aromatic N) is 6. The van der Waals surface area contributed by atoms with Crippen molar-refractivity contribution < 1.29 is 0 Å². The largest absolute Gasteiger partial charge is 0.321 e. The number of nitrogens with one attached hydrogen (secondary N) is 2. The molecule has 8 heteroatoms. The predicted octanol–water partition coefficient (Wildman–Crippen LogP) is 4.00. The first-order valence-corrected chi connectivity index (χ1v) is 11.0. The van der Waals surface area contributed by atoms with Crippen LogP contribution in [0.2, 0.25) is 0 Å². The van der Waals surface area contributed by atoms with Crippen LogP contribution in [0.5, 0.6) is 0 Å². The Bertz CT molecular complexity index is 1270. The first kappa shape index (κ1) is 18.4. The van der Waals surface area contributed by atoms with E-state index in [0.29, 0.717) is 17.8 Å². The molecule has 156 valence electrons. The van der Waals surface area contributed by atoms with Crippen molar-refractivity contribution in [2.24, 2.45) is 0 Å². The molecule has 0 unspecified atom stereocenters. The number of fused-ring (bicyclic) bond motifs is 3. The smallest absolute Gasteiger partial charge is 0.230 e. The lowest BCUT2D eigenvalue weighted by atomic mass is 10.1. The highest BCUT2D eigenvalue weighted by Gasteiger charge is 2.23. The second kappa shape index (κ2) is 7.70. The van der Waals surface area contributed by atoms with Gasteiger partial charge in [0.05, 0.1) is 17.4 Å². The number of rotatable bonds is 4. The van der Waals surface area contributed by atoms with Gasteiger partial charge < -0.3 is 15.2 Å². The van der Waals surface area contributed by atoms with Crippen LogP contribution in [0.3, 0.4) is 0 Å². The van der Waals surface area contributed by atoms with E-state index < -0.39 is 0 Å². The minimum absolute atomic E-state index is 0.462. The lowest BCUT2D eigenvalue weighted by Crippen LogP contribution is -2.20. The Morgan fingerprint density at radius 3 is 2.77 bits per heavy atom. The van der Waals surface area contributed by atoms with Crippen molar-refractivity contribution in [3.05, 3.63) is 48.6 Å². The quantitative estimate of drug-likeness (QED) is 0.523. The molecule has 1 saturated carbocycles. The van der Waals surface area contributed by atoms with Crippen LogP contribution in [-0.4, -0.2) is 42.8 Å². The molecule has 4 aromatic rings. The highest BCUT2D eigenvalue weighted by atomic mass is 15.2. The second-order valence-electron chi connectivity index (χ2n) is 8.24. The molecule has 5 heterocycles. The Morgan fingerprint density at radius 2 is 1.97 bits per heavy atom. The molecular weight excluding hydrogens is 388 g/mol. The zero-order valence-corrected chi connectivity index (χ0v) is 17.3. The lowest BCUT2D eigenvalue weighted by Gasteiger charge is -2.14. The van der Waals surface area contributed by atoms with Gasteiger partial charge in [-0.15, -0.1) is 10.2 Å². The molecule has 1 aliphatic carbocycles. The maximum absolute atomic E-state index is 4.89. The fraction of sp³-hybridized carbons (Fsp3) is 0.348. The summed E-state index contributed by atoms with van der Waals surface area (Å²) in [6.07, 6.45) is 13.7. The monoisotopic (exact) mass is 412 g/mol. The minimum Gasteiger partial charge on any atom is -0.321 e. The number of anilines is 2. The SMILES string of the molecule is C1=C(c2ccc(Nc3ncc4c5ccncc5n(C5CCCC5)c4n3)nn2)CCNC1. The van der Waals surface area contributed by atoms with Crippen LogP contribution in [0.25, 0.3) is 27.5 Å². The van der Waals surface area contributed by atoms with Crippen molar-refractivity contribution in [3.8, 4) is 0 Å². The van der Waals surface area contributed by atoms with Crippen LogP contribution in [-0.2, 0) is 0 Å². The van der Waals surface area contributed by atoms with E-state index in [1.807, 2.05) is 30.7 Å². The predicted molar refractivity (Wildman–Crippen MR) is 121 cm³/mol. The van der Waals surface area contributed by atoms with Crippen LogP contribution in [0.4, 0.5) is 11.8 Å². The molecule has 0 bridgehead atoms. The van der Waals surface area contributed by atoms with Gasteiger partial charge in [-0.05, 0) is 49.6 Å². The van der Waals surface area contributed by atoms with Gasteiger partial charge in [0.15, 0.2) is 5.82 Å². The Balaban J connectivity index is 1.35. The molecule has 1 aliphatic heterocycles. The van der Waals surface area contributed by atoms with Gasteiger partial charge in [-0.2, -0.15) is 4.98 Å². The summed E-state index contributed by atoms with van der Waals surface area (Å²) < 4.78 is 2.36. The number of hydrogen-bond acceptors (Lipinski definition) is 7. The topological polar surface area (TPSA) is 93.4 Å². The Hall–Kier alpha value is -3.39. The van der Waals surface area contributed by atoms with Gasteiger partial charge in [-0.3, -0.25) is 4.98 Å². The normalized spacial score (nSPS) is 17.4. The van der Waals surface area contributed by atoms with Gasteiger partial charge in [0.2, 0.25) is 5.95 Å². The van der Waals surface area contributed by atoms with Crippen molar-refractivity contribution >= 4 is 39.3 Å². The van der Waals surface area contributed by atoms with Gasteiger partial charge >= 0.3 is 0 Å². The highest BCUT2D eigenvalue weighted by Crippen LogP contribution is 2.37. The molecule has 4 aromatic heterocycles. The Labute approximate surface area is 179 Å². The zero-order chi connectivity index (χ0) is 20.6. The van der Waals surface area contributed by atoms with Gasteiger partial charge in [0, 0.05) is 35.8 Å². The molecule has 6 rings (SSSR count). The molecule has 2 aliphatic rings. The summed E-state index contributed by atoms with van der Waals surface area (Å²) in [4.78, 5) is 13.8. The van der Waals surface area contributed by atoms with Crippen LogP contribution < -0.4 is 10.6 Å². The van der Waals surface area contributed by atoms with Crippen molar-refractivity contribution in [2.75, 3.05) is 18.4 Å². The van der Waals surface area contributed by atoms with Crippen molar-refractivity contribution in [1.82, 2.24) is 35.0 Å². The Morgan fingerprint density at radius 1 is 1.03 bits per heavy atom. The molecule has 0 aromatic carbocycles. The average Bonchev–Trinajstić information content (AvgIpc) is 3.46. The van der Waals surface area contributed by atoms with E-state index in [1.165, 1.54) is 31.3 Å². The molecule has 0 saturated heterocycles. The molecule has 8 nitrogen and oxygen atoms in total. The lowest BCUT2D eigenvalue weighted by molar-refractivity contribution is 0.546. The molecule has 31 heavy (non-hydrogen) atoms. The van der Waals surface area contributed by atoms with E-state index in [9.17, 15) is 0 Å². The maximum Gasteiger partial charge on any atom is 0.230 e. The van der Waals surface area contributed by atoms with E-state index in [-0.39, 0.29) is 0 Å². The number of pyridine rings is 1. The van der Waals surface area contributed by atoms with Crippen LogP contribution in [0, 0.1) is 0 Å². The highest BCUT2D eigenvalue weighted by molar-refractivity contribution is 6.06. The number of aromatic nitrogens is 6. The molecule has 2 N–H and O–H groups in total. The summed E-state index contributed by atoms with van der Waals surface area (Å²) in [5.74, 6) is 1.17. The average molecular weight is 413 g/mol. The summed E-state index contributed by atoms with van der Waals surface area (Å²) in [5, 5.41) is 17.5. The van der Waals surface area contributed by atoms with Crippen molar-refractivity contribution in [2.45, 2.75) is 38.1 Å². The van der Waals surface area contributed by atoms with Gasteiger partial charge in [0.25, 0.3) is 0 Å². The molecular formula is C23H24N8. The van der Waals surface area contributed by atoms with E-state index in [1.54, 1.807) is 0 Å². The van der Waals surface area contributed by atoms with E-state index in [4.69, 9.17) is 4.98 Å². The second-order valence-corrected chi connectivity index (χ2v) is 8.24. The summed E-state index contributed by atoms with van der Waals surface area (Å²) >= 11 is 0. The van der Waals surface area contributed by atoms with Crippen molar-refractivity contribution in [3.63, 3.8) is 0 Å². The zero-order valence-electron chi connectivity index (χ0n) is 17.3. The van der Waals surface area contributed by atoms with Gasteiger partial charge in [-0.1, -0.05) is 18.9 Å². The Kier molecular flexibility index (Phi) is 4.57. The van der Waals surface area contributed by atoms with E-state index in [2.05, 4.69) is 47.5 Å². The minimum atomic E-state index is 0.462.